The minimum atomic E-state index is 0.464. The molecular weight excluding hydrogens is 522 g/mol. The van der Waals surface area contributed by atoms with Crippen molar-refractivity contribution in [3.63, 3.8) is 0 Å². The smallest absolute Gasteiger partial charge is 0.164 e. The highest BCUT2D eigenvalue weighted by Crippen LogP contribution is 2.37. The molecule has 2 aliphatic rings. The number of fused-ring (bicyclic) bond motifs is 20. The molecule has 9 nitrogen and oxygen atoms in total. The van der Waals surface area contributed by atoms with E-state index in [1.54, 1.807) is 12.1 Å². The number of nitriles is 1. The van der Waals surface area contributed by atoms with Crippen LogP contribution in [-0.2, 0) is 0 Å². The van der Waals surface area contributed by atoms with Crippen LogP contribution in [-0.4, -0.2) is 39.9 Å². The molecule has 0 amide bonds. The number of hydrogen-bond donors (Lipinski definition) is 2. The topological polar surface area (TPSA) is 133 Å². The Labute approximate surface area is 237 Å². The number of aromatic nitrogens is 8. The van der Waals surface area contributed by atoms with Crippen LogP contribution in [0.25, 0.3) is 89.7 Å². The standard InChI is InChI=1S/C33H17N9/c34-16-17-13-14-24-25(15-17)33-41-31-23-12-6-5-11-22(23)29(39-31)37-27-19-8-2-1-7-18(19)26(35-27)36-28-20-9-3-4-10-21(20)30(38-28)40-32(24)42-33/h1-15H,(H2,35,36,37,38,39,40,41,42). The van der Waals surface area contributed by atoms with Gasteiger partial charge in [0.2, 0.25) is 0 Å². The summed E-state index contributed by atoms with van der Waals surface area (Å²) in [4.78, 5) is 36.6. The average Bonchev–Trinajstić information content (AvgIpc) is 3.76. The number of benzene rings is 4. The maximum absolute atomic E-state index is 9.63. The largest absolute Gasteiger partial charge is 0.324 e. The number of hydrogen-bond acceptors (Lipinski definition) is 7. The zero-order valence-electron chi connectivity index (χ0n) is 21.8. The van der Waals surface area contributed by atoms with Crippen molar-refractivity contribution in [2.75, 3.05) is 0 Å². The van der Waals surface area contributed by atoms with Gasteiger partial charge in [0.1, 0.15) is 22.6 Å². The van der Waals surface area contributed by atoms with E-state index in [4.69, 9.17) is 29.9 Å². The second-order valence-electron chi connectivity index (χ2n) is 10.1. The molecule has 5 heterocycles. The lowest BCUT2D eigenvalue weighted by Crippen LogP contribution is -1.84. The van der Waals surface area contributed by atoms with Crippen LogP contribution in [0.3, 0.4) is 0 Å². The van der Waals surface area contributed by atoms with Crippen LogP contribution in [0.4, 0.5) is 0 Å². The molecule has 42 heavy (non-hydrogen) atoms. The fourth-order valence-corrected chi connectivity index (χ4v) is 5.71. The summed E-state index contributed by atoms with van der Waals surface area (Å²) in [7, 11) is 0. The number of rotatable bonds is 0. The van der Waals surface area contributed by atoms with Gasteiger partial charge in [-0.2, -0.15) is 5.26 Å². The lowest BCUT2D eigenvalue weighted by atomic mass is 10.1. The zero-order valence-corrected chi connectivity index (χ0v) is 21.8. The van der Waals surface area contributed by atoms with E-state index in [0.29, 0.717) is 51.4 Å². The van der Waals surface area contributed by atoms with Crippen molar-refractivity contribution in [1.29, 1.82) is 5.26 Å². The highest BCUT2D eigenvalue weighted by Gasteiger charge is 2.22. The van der Waals surface area contributed by atoms with Crippen LogP contribution in [0.1, 0.15) is 5.56 Å². The van der Waals surface area contributed by atoms with Gasteiger partial charge in [0.15, 0.2) is 23.3 Å². The van der Waals surface area contributed by atoms with Crippen molar-refractivity contribution < 1.29 is 0 Å². The predicted molar refractivity (Wildman–Crippen MR) is 161 cm³/mol. The van der Waals surface area contributed by atoms with E-state index in [0.717, 1.165) is 43.8 Å². The van der Waals surface area contributed by atoms with Crippen LogP contribution in [0.5, 0.6) is 0 Å². The van der Waals surface area contributed by atoms with Crippen LogP contribution in [0.15, 0.2) is 91.0 Å². The van der Waals surface area contributed by atoms with Crippen LogP contribution >= 0.6 is 0 Å². The lowest BCUT2D eigenvalue weighted by molar-refractivity contribution is 1.19. The Bertz CT molecular complexity index is 2490. The maximum atomic E-state index is 9.63. The molecule has 0 unspecified atom stereocenters. The summed E-state index contributed by atoms with van der Waals surface area (Å²) in [5.41, 5.74) is 6.37. The third-order valence-corrected chi connectivity index (χ3v) is 7.68. The van der Waals surface area contributed by atoms with E-state index < -0.39 is 0 Å². The molecule has 0 radical (unpaired) electrons. The van der Waals surface area contributed by atoms with Crippen molar-refractivity contribution in [3.8, 4) is 51.6 Å². The second-order valence-corrected chi connectivity index (χ2v) is 10.1. The predicted octanol–water partition coefficient (Wildman–Crippen LogP) is 6.74. The minimum Gasteiger partial charge on any atom is -0.324 e. The van der Waals surface area contributed by atoms with E-state index in [1.165, 1.54) is 0 Å². The van der Waals surface area contributed by atoms with Crippen LogP contribution in [0.2, 0.25) is 0 Å². The monoisotopic (exact) mass is 539 g/mol. The van der Waals surface area contributed by atoms with Crippen molar-refractivity contribution >= 4 is 44.1 Å². The molecular formula is C33H17N9. The molecule has 0 spiro atoms. The minimum absolute atomic E-state index is 0.464. The summed E-state index contributed by atoms with van der Waals surface area (Å²) in [6.07, 6.45) is 0. The highest BCUT2D eigenvalue weighted by molar-refractivity contribution is 6.06. The maximum Gasteiger partial charge on any atom is 0.164 e. The van der Waals surface area contributed by atoms with Gasteiger partial charge in [0.25, 0.3) is 0 Å². The SMILES string of the molecule is N#Cc1ccc2c(c1)-c1nc-2nc2[nH]c(nc3nc(nc4[nH]c(n1)c1ccccc41)-c1ccccc1-3)c1ccccc21. The van der Waals surface area contributed by atoms with Gasteiger partial charge in [-0.25, -0.2) is 29.9 Å². The fraction of sp³-hybridized carbons (Fsp3) is 0. The molecule has 0 atom stereocenters. The summed E-state index contributed by atoms with van der Waals surface area (Å²) in [6, 6.07) is 31.5. The first-order chi connectivity index (χ1) is 20.7. The second kappa shape index (κ2) is 8.36. The first-order valence-electron chi connectivity index (χ1n) is 13.4. The van der Waals surface area contributed by atoms with E-state index >= 15 is 0 Å². The Balaban J connectivity index is 1.50. The van der Waals surface area contributed by atoms with Gasteiger partial charge in [-0.3, -0.25) is 0 Å². The molecule has 9 rings (SSSR count). The Morgan fingerprint density at radius 2 is 0.810 bits per heavy atom. The Morgan fingerprint density at radius 3 is 1.24 bits per heavy atom. The van der Waals surface area contributed by atoms with Gasteiger partial charge >= 0.3 is 0 Å². The van der Waals surface area contributed by atoms with E-state index in [2.05, 4.69) is 16.0 Å². The molecule has 0 saturated heterocycles. The molecule has 0 fully saturated rings. The fourth-order valence-electron chi connectivity index (χ4n) is 5.71. The quantitative estimate of drug-likeness (QED) is 0.218. The number of nitrogens with one attached hydrogen (secondary N) is 2. The van der Waals surface area contributed by atoms with Gasteiger partial charge in [-0.15, -0.1) is 0 Å². The number of nitrogens with zero attached hydrogens (tertiary/aromatic N) is 7. The molecule has 4 aromatic carbocycles. The van der Waals surface area contributed by atoms with Gasteiger partial charge < -0.3 is 9.97 Å². The summed E-state index contributed by atoms with van der Waals surface area (Å²) >= 11 is 0. The molecule has 0 aliphatic carbocycles. The van der Waals surface area contributed by atoms with E-state index in [-0.39, 0.29) is 0 Å². The molecule has 3 aromatic heterocycles. The molecule has 194 valence electrons. The van der Waals surface area contributed by atoms with Crippen molar-refractivity contribution in [1.82, 2.24) is 39.9 Å². The first-order valence-corrected chi connectivity index (χ1v) is 13.4. The van der Waals surface area contributed by atoms with Gasteiger partial charge in [0.05, 0.1) is 11.6 Å². The number of H-pyrrole nitrogens is 2. The van der Waals surface area contributed by atoms with Crippen LogP contribution < -0.4 is 0 Å². The van der Waals surface area contributed by atoms with Crippen molar-refractivity contribution in [2.24, 2.45) is 0 Å². The molecule has 7 aromatic rings. The third kappa shape index (κ3) is 3.23. The third-order valence-electron chi connectivity index (χ3n) is 7.68. The zero-order chi connectivity index (χ0) is 27.8. The lowest BCUT2D eigenvalue weighted by Gasteiger charge is -1.98. The van der Waals surface area contributed by atoms with Gasteiger partial charge in [-0.1, -0.05) is 72.8 Å². The van der Waals surface area contributed by atoms with Gasteiger partial charge in [-0.05, 0) is 18.2 Å². The summed E-state index contributed by atoms with van der Waals surface area (Å²) in [5.74, 6) is 2.10. The summed E-state index contributed by atoms with van der Waals surface area (Å²) < 4.78 is 0. The first kappa shape index (κ1) is 22.5. The molecule has 2 aliphatic heterocycles. The Hall–Kier alpha value is -6.27. The normalized spacial score (nSPS) is 11.8. The van der Waals surface area contributed by atoms with E-state index in [1.807, 2.05) is 78.9 Å². The molecule has 8 bridgehead atoms. The molecule has 2 N–H and O–H groups in total. The Morgan fingerprint density at radius 1 is 0.429 bits per heavy atom. The summed E-state index contributed by atoms with van der Waals surface area (Å²) in [5, 5.41) is 13.3. The van der Waals surface area contributed by atoms with Crippen molar-refractivity contribution in [2.45, 2.75) is 0 Å². The van der Waals surface area contributed by atoms with Gasteiger partial charge in [0, 0.05) is 43.8 Å². The summed E-state index contributed by atoms with van der Waals surface area (Å²) in [6.45, 7) is 0. The average molecular weight is 540 g/mol. The highest BCUT2D eigenvalue weighted by atomic mass is 15.1. The molecule has 9 heteroatoms. The van der Waals surface area contributed by atoms with Crippen LogP contribution in [0, 0.1) is 11.3 Å². The number of aromatic amines is 2. The van der Waals surface area contributed by atoms with E-state index in [9.17, 15) is 5.26 Å². The molecule has 0 saturated carbocycles. The van der Waals surface area contributed by atoms with Crippen molar-refractivity contribution in [3.05, 3.63) is 96.6 Å². The Kier molecular flexibility index (Phi) is 4.49.